The molecular formula is C19H22ClN3O3. The number of nitrogens with one attached hydrogen (secondary N) is 2. The molecule has 0 aliphatic rings. The van der Waals surface area contributed by atoms with E-state index < -0.39 is 5.91 Å². The summed E-state index contributed by atoms with van der Waals surface area (Å²) < 4.78 is 4.93. The van der Waals surface area contributed by atoms with Crippen LogP contribution in [-0.2, 0) is 4.74 Å². The molecule has 0 aliphatic heterocycles. The largest absolute Gasteiger partial charge is 0.385 e. The van der Waals surface area contributed by atoms with E-state index in [1.165, 1.54) is 0 Å². The summed E-state index contributed by atoms with van der Waals surface area (Å²) in [6, 6.07) is 8.44. The average molecular weight is 376 g/mol. The first-order valence-electron chi connectivity index (χ1n) is 8.24. The fourth-order valence-corrected chi connectivity index (χ4v) is 2.82. The predicted octanol–water partition coefficient (Wildman–Crippen LogP) is 3.37. The van der Waals surface area contributed by atoms with Gasteiger partial charge in [0.15, 0.2) is 0 Å². The third kappa shape index (κ3) is 5.28. The number of benzene rings is 1. The highest BCUT2D eigenvalue weighted by Gasteiger charge is 2.15. The molecule has 0 bridgehead atoms. The second-order valence-electron chi connectivity index (χ2n) is 5.90. The first kappa shape index (κ1) is 19.9. The van der Waals surface area contributed by atoms with Crippen molar-refractivity contribution < 1.29 is 14.3 Å². The van der Waals surface area contributed by atoms with E-state index in [9.17, 15) is 9.59 Å². The summed E-state index contributed by atoms with van der Waals surface area (Å²) in [5.41, 5.74) is 2.73. The molecule has 2 rings (SSSR count). The minimum Gasteiger partial charge on any atom is -0.385 e. The Kier molecular flexibility index (Phi) is 7.12. The van der Waals surface area contributed by atoms with Gasteiger partial charge in [-0.2, -0.15) is 0 Å². The number of hydrogen-bond acceptors (Lipinski definition) is 4. The zero-order chi connectivity index (χ0) is 19.1. The average Bonchev–Trinajstić information content (AvgIpc) is 2.61. The van der Waals surface area contributed by atoms with Crippen molar-refractivity contribution in [2.75, 3.05) is 25.6 Å². The van der Waals surface area contributed by atoms with Crippen LogP contribution in [0.2, 0.25) is 5.02 Å². The molecule has 2 aromatic rings. The number of carbonyl (C=O) groups excluding carboxylic acids is 2. The van der Waals surface area contributed by atoms with Crippen LogP contribution in [-0.4, -0.2) is 37.1 Å². The summed E-state index contributed by atoms with van der Waals surface area (Å²) in [6.07, 6.45) is 0.702. The zero-order valence-electron chi connectivity index (χ0n) is 15.1. The van der Waals surface area contributed by atoms with E-state index in [1.807, 2.05) is 19.9 Å². The zero-order valence-corrected chi connectivity index (χ0v) is 15.8. The van der Waals surface area contributed by atoms with Gasteiger partial charge >= 0.3 is 0 Å². The van der Waals surface area contributed by atoms with Crippen molar-refractivity contribution in [3.8, 4) is 0 Å². The van der Waals surface area contributed by atoms with Gasteiger partial charge in [0.2, 0.25) is 0 Å². The Hall–Kier alpha value is -2.44. The van der Waals surface area contributed by atoms with Crippen LogP contribution < -0.4 is 10.6 Å². The second kappa shape index (κ2) is 9.31. The number of anilines is 1. The van der Waals surface area contributed by atoms with Crippen LogP contribution in [0, 0.1) is 13.8 Å². The molecule has 1 aromatic heterocycles. The van der Waals surface area contributed by atoms with Gasteiger partial charge in [0.25, 0.3) is 11.8 Å². The van der Waals surface area contributed by atoms with E-state index in [2.05, 4.69) is 15.6 Å². The highest BCUT2D eigenvalue weighted by molar-refractivity contribution is 6.34. The van der Waals surface area contributed by atoms with E-state index >= 15 is 0 Å². The third-order valence-corrected chi connectivity index (χ3v) is 3.99. The topological polar surface area (TPSA) is 80.3 Å². The number of pyridine rings is 1. The summed E-state index contributed by atoms with van der Waals surface area (Å²) in [5.74, 6) is -0.756. The Morgan fingerprint density at radius 2 is 1.85 bits per heavy atom. The van der Waals surface area contributed by atoms with E-state index in [0.29, 0.717) is 30.3 Å². The Morgan fingerprint density at radius 1 is 1.15 bits per heavy atom. The van der Waals surface area contributed by atoms with Gasteiger partial charge < -0.3 is 15.4 Å². The van der Waals surface area contributed by atoms with Gasteiger partial charge in [-0.15, -0.1) is 0 Å². The fraction of sp³-hybridized carbons (Fsp3) is 0.316. The Labute approximate surface area is 157 Å². The Bertz CT molecular complexity index is 785. The van der Waals surface area contributed by atoms with Crippen LogP contribution in [0.25, 0.3) is 0 Å². The van der Waals surface area contributed by atoms with E-state index in [0.717, 1.165) is 11.1 Å². The number of hydrogen-bond donors (Lipinski definition) is 2. The van der Waals surface area contributed by atoms with Gasteiger partial charge in [0, 0.05) is 20.3 Å². The first-order valence-corrected chi connectivity index (χ1v) is 8.62. The highest BCUT2D eigenvalue weighted by atomic mass is 35.5. The maximum absolute atomic E-state index is 12.5. The minimum atomic E-state index is -0.423. The summed E-state index contributed by atoms with van der Waals surface area (Å²) >= 11 is 6.22. The van der Waals surface area contributed by atoms with E-state index in [4.69, 9.17) is 16.3 Å². The van der Waals surface area contributed by atoms with Crippen LogP contribution in [0.3, 0.4) is 0 Å². The van der Waals surface area contributed by atoms with Crippen molar-refractivity contribution in [3.05, 3.63) is 57.9 Å². The van der Waals surface area contributed by atoms with Crippen molar-refractivity contribution >= 4 is 29.1 Å². The molecule has 0 fully saturated rings. The molecule has 0 atom stereocenters. The molecule has 6 nitrogen and oxygen atoms in total. The number of carbonyl (C=O) groups is 2. The van der Waals surface area contributed by atoms with Gasteiger partial charge in [-0.05, 0) is 49.6 Å². The van der Waals surface area contributed by atoms with Crippen molar-refractivity contribution in [1.29, 1.82) is 0 Å². The number of halogens is 1. The van der Waals surface area contributed by atoms with Gasteiger partial charge in [0.05, 0.1) is 10.7 Å². The third-order valence-electron chi connectivity index (χ3n) is 3.70. The van der Waals surface area contributed by atoms with Crippen molar-refractivity contribution in [2.45, 2.75) is 20.3 Å². The lowest BCUT2D eigenvalue weighted by Crippen LogP contribution is -2.27. The molecule has 7 heteroatoms. The number of methoxy groups -OCH3 is 1. The summed E-state index contributed by atoms with van der Waals surface area (Å²) in [5, 5.41) is 5.97. The number of rotatable bonds is 7. The van der Waals surface area contributed by atoms with Crippen LogP contribution in [0.4, 0.5) is 5.69 Å². The molecule has 2 amide bonds. The summed E-state index contributed by atoms with van der Waals surface area (Å²) in [4.78, 5) is 28.8. The molecule has 138 valence electrons. The normalized spacial score (nSPS) is 10.5. The highest BCUT2D eigenvalue weighted by Crippen LogP contribution is 2.27. The number of aryl methyl sites for hydroxylation is 2. The number of amides is 2. The lowest BCUT2D eigenvalue weighted by Gasteiger charge is -2.12. The number of nitrogens with zero attached hydrogens (tertiary/aromatic N) is 1. The lowest BCUT2D eigenvalue weighted by atomic mass is 10.1. The SMILES string of the molecule is COCCCNC(=O)c1cccc(C(=O)Nc2c(C)cc(C)cc2Cl)n1. The molecule has 0 aliphatic carbocycles. The van der Waals surface area contributed by atoms with Crippen molar-refractivity contribution in [2.24, 2.45) is 0 Å². The van der Waals surface area contributed by atoms with Gasteiger partial charge in [-0.3, -0.25) is 9.59 Å². The molecular weight excluding hydrogens is 354 g/mol. The van der Waals surface area contributed by atoms with Gasteiger partial charge in [-0.1, -0.05) is 23.7 Å². The summed E-state index contributed by atoms with van der Waals surface area (Å²) in [6.45, 7) is 4.84. The Balaban J connectivity index is 2.10. The van der Waals surface area contributed by atoms with Crippen molar-refractivity contribution in [1.82, 2.24) is 10.3 Å². The second-order valence-corrected chi connectivity index (χ2v) is 6.31. The quantitative estimate of drug-likeness (QED) is 0.727. The molecule has 0 unspecified atom stereocenters. The molecule has 1 aromatic carbocycles. The van der Waals surface area contributed by atoms with Crippen LogP contribution in [0.15, 0.2) is 30.3 Å². The summed E-state index contributed by atoms with van der Waals surface area (Å²) in [7, 11) is 1.60. The number of ether oxygens (including phenoxy) is 1. The fourth-order valence-electron chi connectivity index (χ4n) is 2.45. The maximum atomic E-state index is 12.5. The van der Waals surface area contributed by atoms with Gasteiger partial charge in [0.1, 0.15) is 11.4 Å². The standard InChI is InChI=1S/C19H22ClN3O3/c1-12-10-13(2)17(14(20)11-12)23-19(25)16-7-4-6-15(22-16)18(24)21-8-5-9-26-3/h4,6-7,10-11H,5,8-9H2,1-3H3,(H,21,24)(H,23,25). The van der Waals surface area contributed by atoms with Crippen LogP contribution in [0.1, 0.15) is 38.5 Å². The predicted molar refractivity (Wildman–Crippen MR) is 102 cm³/mol. The molecule has 0 spiro atoms. The molecule has 1 heterocycles. The van der Waals surface area contributed by atoms with Crippen LogP contribution in [0.5, 0.6) is 0 Å². The molecule has 0 radical (unpaired) electrons. The van der Waals surface area contributed by atoms with Crippen molar-refractivity contribution in [3.63, 3.8) is 0 Å². The lowest BCUT2D eigenvalue weighted by molar-refractivity contribution is 0.0943. The monoisotopic (exact) mass is 375 g/mol. The van der Waals surface area contributed by atoms with Crippen LogP contribution >= 0.6 is 11.6 Å². The minimum absolute atomic E-state index is 0.144. The van der Waals surface area contributed by atoms with E-state index in [-0.39, 0.29) is 17.3 Å². The first-order chi connectivity index (χ1) is 12.4. The smallest absolute Gasteiger partial charge is 0.274 e. The maximum Gasteiger partial charge on any atom is 0.274 e. The molecule has 26 heavy (non-hydrogen) atoms. The molecule has 0 saturated carbocycles. The molecule has 2 N–H and O–H groups in total. The number of aromatic nitrogens is 1. The van der Waals surface area contributed by atoms with E-state index in [1.54, 1.807) is 31.4 Å². The molecule has 0 saturated heterocycles. The Morgan fingerprint density at radius 3 is 2.50 bits per heavy atom. The van der Waals surface area contributed by atoms with Gasteiger partial charge in [-0.25, -0.2) is 4.98 Å².